The first-order chi connectivity index (χ1) is 8.75. The van der Waals surface area contributed by atoms with Crippen molar-refractivity contribution in [1.82, 2.24) is 14.8 Å². The molecule has 1 aromatic rings. The lowest BCUT2D eigenvalue weighted by Gasteiger charge is -2.09. The molecule has 1 heterocycles. The van der Waals surface area contributed by atoms with Crippen molar-refractivity contribution in [2.75, 3.05) is 5.75 Å². The standard InChI is InChI=1S/C12H19N3O2S/c16-11(17)8-18-12-14-13-9-15(12)7-3-6-10-4-1-2-5-10/h9-10H,1-8H2,(H,16,17). The van der Waals surface area contributed by atoms with E-state index in [1.807, 2.05) is 4.57 Å². The van der Waals surface area contributed by atoms with Gasteiger partial charge >= 0.3 is 5.97 Å². The molecule has 0 radical (unpaired) electrons. The number of thioether (sulfide) groups is 1. The summed E-state index contributed by atoms with van der Waals surface area (Å²) >= 11 is 1.23. The van der Waals surface area contributed by atoms with Crippen LogP contribution in [0.5, 0.6) is 0 Å². The maximum atomic E-state index is 10.5. The molecule has 5 nitrogen and oxygen atoms in total. The Hall–Kier alpha value is -1.04. The Morgan fingerprint density at radius 3 is 3.00 bits per heavy atom. The number of hydrogen-bond acceptors (Lipinski definition) is 4. The summed E-state index contributed by atoms with van der Waals surface area (Å²) in [6, 6.07) is 0. The van der Waals surface area contributed by atoms with Crippen LogP contribution < -0.4 is 0 Å². The molecule has 1 aliphatic rings. The zero-order chi connectivity index (χ0) is 12.8. The van der Waals surface area contributed by atoms with Crippen molar-refractivity contribution in [1.29, 1.82) is 0 Å². The van der Waals surface area contributed by atoms with Crippen molar-refractivity contribution >= 4 is 17.7 Å². The van der Waals surface area contributed by atoms with Gasteiger partial charge < -0.3 is 9.67 Å². The van der Waals surface area contributed by atoms with E-state index in [9.17, 15) is 4.79 Å². The Balaban J connectivity index is 1.74. The fourth-order valence-electron chi connectivity index (χ4n) is 2.49. The number of carbonyl (C=O) groups is 1. The third-order valence-corrected chi connectivity index (χ3v) is 4.36. The highest BCUT2D eigenvalue weighted by Gasteiger charge is 2.14. The summed E-state index contributed by atoms with van der Waals surface area (Å²) in [5, 5.41) is 17.2. The van der Waals surface area contributed by atoms with Crippen molar-refractivity contribution < 1.29 is 9.90 Å². The number of aliphatic carboxylic acids is 1. The van der Waals surface area contributed by atoms with Gasteiger partial charge in [0.2, 0.25) is 0 Å². The van der Waals surface area contributed by atoms with Crippen LogP contribution >= 0.6 is 11.8 Å². The maximum absolute atomic E-state index is 10.5. The third kappa shape index (κ3) is 4.01. The lowest BCUT2D eigenvalue weighted by molar-refractivity contribution is -0.133. The zero-order valence-corrected chi connectivity index (χ0v) is 11.2. The van der Waals surface area contributed by atoms with E-state index < -0.39 is 5.97 Å². The van der Waals surface area contributed by atoms with Crippen LogP contribution in [-0.2, 0) is 11.3 Å². The van der Waals surface area contributed by atoms with E-state index in [1.165, 1.54) is 43.9 Å². The van der Waals surface area contributed by atoms with Crippen molar-refractivity contribution in [2.45, 2.75) is 50.2 Å². The Bertz CT molecular complexity index is 388. The summed E-state index contributed by atoms with van der Waals surface area (Å²) in [5.41, 5.74) is 0. The summed E-state index contributed by atoms with van der Waals surface area (Å²) in [4.78, 5) is 10.5. The number of rotatable bonds is 7. The van der Waals surface area contributed by atoms with Gasteiger partial charge in [0.1, 0.15) is 6.33 Å². The molecule has 0 aromatic carbocycles. The smallest absolute Gasteiger partial charge is 0.313 e. The summed E-state index contributed by atoms with van der Waals surface area (Å²) in [6.07, 6.45) is 9.61. The monoisotopic (exact) mass is 269 g/mol. The molecule has 0 saturated heterocycles. The van der Waals surface area contributed by atoms with E-state index >= 15 is 0 Å². The molecule has 0 aliphatic heterocycles. The van der Waals surface area contributed by atoms with Crippen molar-refractivity contribution in [3.8, 4) is 0 Å². The Morgan fingerprint density at radius 1 is 1.50 bits per heavy atom. The molecule has 1 N–H and O–H groups in total. The largest absolute Gasteiger partial charge is 0.481 e. The Morgan fingerprint density at radius 2 is 2.28 bits per heavy atom. The van der Waals surface area contributed by atoms with Crippen LogP contribution in [0.25, 0.3) is 0 Å². The Labute approximate surface area is 111 Å². The van der Waals surface area contributed by atoms with E-state index in [1.54, 1.807) is 6.33 Å². The average Bonchev–Trinajstić information content (AvgIpc) is 2.97. The fourth-order valence-corrected chi connectivity index (χ4v) is 3.15. The first kappa shape index (κ1) is 13.4. The second kappa shape index (κ2) is 6.78. The van der Waals surface area contributed by atoms with Crippen LogP contribution in [0.2, 0.25) is 0 Å². The minimum absolute atomic E-state index is 0.0430. The lowest BCUT2D eigenvalue weighted by atomic mass is 10.0. The van der Waals surface area contributed by atoms with Crippen LogP contribution in [0, 0.1) is 5.92 Å². The van der Waals surface area contributed by atoms with Crippen LogP contribution in [0.3, 0.4) is 0 Å². The van der Waals surface area contributed by atoms with Crippen LogP contribution in [0.1, 0.15) is 38.5 Å². The van der Waals surface area contributed by atoms with Crippen LogP contribution in [0.15, 0.2) is 11.5 Å². The summed E-state index contributed by atoms with van der Waals surface area (Å²) < 4.78 is 1.96. The third-order valence-electron chi connectivity index (χ3n) is 3.39. The van der Waals surface area contributed by atoms with Gasteiger partial charge in [-0.2, -0.15) is 0 Å². The van der Waals surface area contributed by atoms with Crippen molar-refractivity contribution in [3.63, 3.8) is 0 Å². The van der Waals surface area contributed by atoms with E-state index in [2.05, 4.69) is 10.2 Å². The fraction of sp³-hybridized carbons (Fsp3) is 0.750. The molecule has 18 heavy (non-hydrogen) atoms. The number of carboxylic acid groups (broad SMARTS) is 1. The van der Waals surface area contributed by atoms with E-state index in [-0.39, 0.29) is 5.75 Å². The predicted molar refractivity (Wildman–Crippen MR) is 69.6 cm³/mol. The molecule has 6 heteroatoms. The molecule has 100 valence electrons. The number of aromatic nitrogens is 3. The van der Waals surface area contributed by atoms with Gasteiger partial charge in [0.15, 0.2) is 5.16 Å². The quantitative estimate of drug-likeness (QED) is 0.770. The number of hydrogen-bond donors (Lipinski definition) is 1. The van der Waals surface area contributed by atoms with Crippen molar-refractivity contribution in [3.05, 3.63) is 6.33 Å². The highest BCUT2D eigenvalue weighted by Crippen LogP contribution is 2.28. The number of carboxylic acids is 1. The van der Waals surface area contributed by atoms with Gasteiger partial charge in [0.25, 0.3) is 0 Å². The first-order valence-corrected chi connectivity index (χ1v) is 7.46. The maximum Gasteiger partial charge on any atom is 0.313 e. The summed E-state index contributed by atoms with van der Waals surface area (Å²) in [5.74, 6) is 0.124. The molecule has 0 bridgehead atoms. The minimum Gasteiger partial charge on any atom is -0.481 e. The number of aryl methyl sites for hydroxylation is 1. The lowest BCUT2D eigenvalue weighted by Crippen LogP contribution is -2.04. The van der Waals surface area contributed by atoms with Gasteiger partial charge in [0.05, 0.1) is 5.75 Å². The van der Waals surface area contributed by atoms with Crippen LogP contribution in [-0.4, -0.2) is 31.6 Å². The molecule has 1 fully saturated rings. The molecule has 1 aromatic heterocycles. The molecular weight excluding hydrogens is 250 g/mol. The first-order valence-electron chi connectivity index (χ1n) is 6.48. The summed E-state index contributed by atoms with van der Waals surface area (Å²) in [7, 11) is 0. The second-order valence-electron chi connectivity index (χ2n) is 4.78. The summed E-state index contributed by atoms with van der Waals surface area (Å²) in [6.45, 7) is 0.894. The van der Waals surface area contributed by atoms with Crippen LogP contribution in [0.4, 0.5) is 0 Å². The minimum atomic E-state index is -0.819. The van der Waals surface area contributed by atoms with Gasteiger partial charge in [-0.3, -0.25) is 4.79 Å². The van der Waals surface area contributed by atoms with E-state index in [0.717, 1.165) is 18.9 Å². The van der Waals surface area contributed by atoms with E-state index in [4.69, 9.17) is 5.11 Å². The predicted octanol–water partition coefficient (Wildman–Crippen LogP) is 2.43. The Kier molecular flexibility index (Phi) is 5.04. The molecule has 0 unspecified atom stereocenters. The molecule has 2 rings (SSSR count). The molecule has 0 spiro atoms. The van der Waals surface area contributed by atoms with Crippen molar-refractivity contribution in [2.24, 2.45) is 5.92 Å². The topological polar surface area (TPSA) is 68.0 Å². The van der Waals surface area contributed by atoms with Gasteiger partial charge in [0, 0.05) is 6.54 Å². The van der Waals surface area contributed by atoms with Gasteiger partial charge in [-0.1, -0.05) is 37.4 Å². The highest BCUT2D eigenvalue weighted by atomic mass is 32.2. The average molecular weight is 269 g/mol. The molecule has 0 amide bonds. The SMILES string of the molecule is O=C(O)CSc1nncn1CCCC1CCCC1. The molecule has 0 atom stereocenters. The number of nitrogens with zero attached hydrogens (tertiary/aromatic N) is 3. The molecule has 1 saturated carbocycles. The zero-order valence-electron chi connectivity index (χ0n) is 10.4. The second-order valence-corrected chi connectivity index (χ2v) is 5.72. The van der Waals surface area contributed by atoms with Gasteiger partial charge in [-0.15, -0.1) is 10.2 Å². The normalized spacial score (nSPS) is 16.2. The highest BCUT2D eigenvalue weighted by molar-refractivity contribution is 7.99. The van der Waals surface area contributed by atoms with E-state index in [0.29, 0.717) is 5.16 Å². The molecular formula is C12H19N3O2S. The molecule has 1 aliphatic carbocycles. The van der Waals surface area contributed by atoms with Gasteiger partial charge in [-0.05, 0) is 18.8 Å². The van der Waals surface area contributed by atoms with Gasteiger partial charge in [-0.25, -0.2) is 0 Å².